The summed E-state index contributed by atoms with van der Waals surface area (Å²) in [4.78, 5) is 0.343. The highest BCUT2D eigenvalue weighted by Gasteiger charge is 2.37. The molecular weight excluding hydrogens is 274 g/mol. The van der Waals surface area contributed by atoms with Crippen LogP contribution in [0, 0.1) is 5.92 Å². The molecule has 0 aliphatic heterocycles. The van der Waals surface area contributed by atoms with Gasteiger partial charge in [0.2, 0.25) is 0 Å². The number of nitrogens with two attached hydrogens (primary N) is 1. The highest BCUT2D eigenvalue weighted by atomic mass is 32.2. The molecule has 1 aromatic carbocycles. The molecule has 1 aliphatic rings. The lowest BCUT2D eigenvalue weighted by molar-refractivity contribution is 0.319. The second kappa shape index (κ2) is 6.14. The molecule has 3 unspecified atom stereocenters. The fourth-order valence-electron chi connectivity index (χ4n) is 2.90. The Labute approximate surface area is 121 Å². The van der Waals surface area contributed by atoms with E-state index in [-0.39, 0.29) is 6.04 Å². The van der Waals surface area contributed by atoms with Gasteiger partial charge in [-0.3, -0.25) is 0 Å². The van der Waals surface area contributed by atoms with Crippen LogP contribution in [0.4, 0.5) is 0 Å². The smallest absolute Gasteiger partial charge is 0.182 e. The summed E-state index contributed by atoms with van der Waals surface area (Å²) in [6.45, 7) is 2.11. The summed E-state index contributed by atoms with van der Waals surface area (Å²) in [6.07, 6.45) is 3.51. The van der Waals surface area contributed by atoms with Crippen LogP contribution in [-0.4, -0.2) is 26.8 Å². The van der Waals surface area contributed by atoms with Gasteiger partial charge in [0.15, 0.2) is 9.84 Å². The minimum absolute atomic E-state index is 0.259. The van der Waals surface area contributed by atoms with E-state index in [0.29, 0.717) is 23.0 Å². The van der Waals surface area contributed by atoms with Crippen molar-refractivity contribution in [3.05, 3.63) is 24.3 Å². The van der Waals surface area contributed by atoms with E-state index in [0.717, 1.165) is 19.3 Å². The lowest BCUT2D eigenvalue weighted by atomic mass is 9.84. The predicted octanol–water partition coefficient (Wildman–Crippen LogP) is 2.37. The van der Waals surface area contributed by atoms with Crippen LogP contribution < -0.4 is 10.5 Å². The van der Waals surface area contributed by atoms with Crippen LogP contribution in [0.2, 0.25) is 0 Å². The van der Waals surface area contributed by atoms with Gasteiger partial charge in [0.25, 0.3) is 0 Å². The molecule has 1 aliphatic carbocycles. The van der Waals surface area contributed by atoms with Crippen LogP contribution in [0.15, 0.2) is 29.2 Å². The first-order chi connectivity index (χ1) is 9.48. The molecule has 5 heteroatoms. The van der Waals surface area contributed by atoms with Crippen molar-refractivity contribution in [1.29, 1.82) is 0 Å². The lowest BCUT2D eigenvalue weighted by Crippen LogP contribution is -2.45. The van der Waals surface area contributed by atoms with Crippen LogP contribution in [-0.2, 0) is 9.84 Å². The number of hydrogen-bond acceptors (Lipinski definition) is 4. The van der Waals surface area contributed by atoms with Crippen LogP contribution >= 0.6 is 0 Å². The summed E-state index contributed by atoms with van der Waals surface area (Å²) in [6, 6.07) is 6.31. The second-order valence-corrected chi connectivity index (χ2v) is 7.68. The number of sulfone groups is 1. The Balaban J connectivity index is 2.27. The maximum Gasteiger partial charge on any atom is 0.182 e. The van der Waals surface area contributed by atoms with E-state index < -0.39 is 15.1 Å². The largest absolute Gasteiger partial charge is 0.497 e. The van der Waals surface area contributed by atoms with Gasteiger partial charge in [0.1, 0.15) is 5.75 Å². The van der Waals surface area contributed by atoms with Gasteiger partial charge in [0, 0.05) is 6.04 Å². The molecule has 20 heavy (non-hydrogen) atoms. The van der Waals surface area contributed by atoms with Crippen molar-refractivity contribution in [3.63, 3.8) is 0 Å². The first-order valence-corrected chi connectivity index (χ1v) is 8.67. The molecule has 0 amide bonds. The van der Waals surface area contributed by atoms with Gasteiger partial charge in [0.05, 0.1) is 17.3 Å². The molecule has 112 valence electrons. The molecular formula is C15H23NO3S. The maximum atomic E-state index is 12.7. The molecule has 1 saturated carbocycles. The SMILES string of the molecule is CCC1CCC(N)C(S(=O)(=O)c2ccc(OC)cc2)C1. The Morgan fingerprint density at radius 2 is 1.90 bits per heavy atom. The van der Waals surface area contributed by atoms with Gasteiger partial charge >= 0.3 is 0 Å². The van der Waals surface area contributed by atoms with Crippen molar-refractivity contribution in [3.8, 4) is 5.75 Å². The fourth-order valence-corrected chi connectivity index (χ4v) is 4.89. The molecule has 2 N–H and O–H groups in total. The fraction of sp³-hybridized carbons (Fsp3) is 0.600. The summed E-state index contributed by atoms with van der Waals surface area (Å²) < 4.78 is 30.5. The Morgan fingerprint density at radius 3 is 2.45 bits per heavy atom. The van der Waals surface area contributed by atoms with Crippen molar-refractivity contribution in [2.75, 3.05) is 7.11 Å². The molecule has 0 heterocycles. The zero-order valence-electron chi connectivity index (χ0n) is 12.1. The van der Waals surface area contributed by atoms with Crippen LogP contribution in [0.25, 0.3) is 0 Å². The highest BCUT2D eigenvalue weighted by molar-refractivity contribution is 7.92. The molecule has 3 atom stereocenters. The Kier molecular flexibility index (Phi) is 4.70. The number of methoxy groups -OCH3 is 1. The first kappa shape index (κ1) is 15.3. The molecule has 4 nitrogen and oxygen atoms in total. The monoisotopic (exact) mass is 297 g/mol. The van der Waals surface area contributed by atoms with E-state index in [9.17, 15) is 8.42 Å². The van der Waals surface area contributed by atoms with Crippen LogP contribution in [0.3, 0.4) is 0 Å². The summed E-state index contributed by atoms with van der Waals surface area (Å²) >= 11 is 0. The van der Waals surface area contributed by atoms with Crippen LogP contribution in [0.1, 0.15) is 32.6 Å². The van der Waals surface area contributed by atoms with Gasteiger partial charge in [-0.1, -0.05) is 13.3 Å². The third-order valence-corrected chi connectivity index (χ3v) is 6.58. The number of hydrogen-bond donors (Lipinski definition) is 1. The van der Waals surface area contributed by atoms with E-state index in [1.165, 1.54) is 0 Å². The van der Waals surface area contributed by atoms with Crippen molar-refractivity contribution in [1.82, 2.24) is 0 Å². The molecule has 1 fully saturated rings. The second-order valence-electron chi connectivity index (χ2n) is 5.51. The summed E-state index contributed by atoms with van der Waals surface area (Å²) in [5.41, 5.74) is 6.07. The Hall–Kier alpha value is -1.07. The topological polar surface area (TPSA) is 69.4 Å². The number of benzene rings is 1. The molecule has 0 spiro atoms. The summed E-state index contributed by atoms with van der Waals surface area (Å²) in [7, 11) is -1.80. The molecule has 0 aromatic heterocycles. The minimum atomic E-state index is -3.36. The van der Waals surface area contributed by atoms with E-state index in [1.54, 1.807) is 31.4 Å². The normalized spacial score (nSPS) is 27.2. The van der Waals surface area contributed by atoms with Gasteiger partial charge in [-0.2, -0.15) is 0 Å². The zero-order chi connectivity index (χ0) is 14.8. The molecule has 0 radical (unpaired) electrons. The predicted molar refractivity (Wildman–Crippen MR) is 79.6 cm³/mol. The third-order valence-electron chi connectivity index (χ3n) is 4.32. The quantitative estimate of drug-likeness (QED) is 0.926. The molecule has 0 bridgehead atoms. The van der Waals surface area contributed by atoms with Gasteiger partial charge in [-0.25, -0.2) is 8.42 Å². The van der Waals surface area contributed by atoms with Gasteiger partial charge in [-0.15, -0.1) is 0 Å². The molecule has 0 saturated heterocycles. The Bertz CT molecular complexity index is 539. The number of ether oxygens (including phenoxy) is 1. The van der Waals surface area contributed by atoms with Crippen molar-refractivity contribution < 1.29 is 13.2 Å². The first-order valence-electron chi connectivity index (χ1n) is 7.12. The van der Waals surface area contributed by atoms with E-state index >= 15 is 0 Å². The van der Waals surface area contributed by atoms with Gasteiger partial charge < -0.3 is 10.5 Å². The number of rotatable bonds is 4. The van der Waals surface area contributed by atoms with Crippen molar-refractivity contribution in [2.24, 2.45) is 11.7 Å². The Morgan fingerprint density at radius 1 is 1.25 bits per heavy atom. The molecule has 2 rings (SSSR count). The standard InChI is InChI=1S/C15H23NO3S/c1-3-11-4-9-14(16)15(10-11)20(17,18)13-7-5-12(19-2)6-8-13/h5-8,11,14-15H,3-4,9-10,16H2,1-2H3. The summed E-state index contributed by atoms with van der Waals surface area (Å²) in [5, 5.41) is -0.463. The molecule has 1 aromatic rings. The van der Waals surface area contributed by atoms with E-state index in [1.807, 2.05) is 0 Å². The highest BCUT2D eigenvalue weighted by Crippen LogP contribution is 2.33. The summed E-state index contributed by atoms with van der Waals surface area (Å²) in [5.74, 6) is 1.12. The maximum absolute atomic E-state index is 12.7. The average Bonchev–Trinajstić information content (AvgIpc) is 2.47. The van der Waals surface area contributed by atoms with E-state index in [2.05, 4.69) is 6.92 Å². The van der Waals surface area contributed by atoms with Crippen molar-refractivity contribution in [2.45, 2.75) is 48.8 Å². The third kappa shape index (κ3) is 2.99. The van der Waals surface area contributed by atoms with Crippen LogP contribution in [0.5, 0.6) is 5.75 Å². The van der Waals surface area contributed by atoms with Crippen molar-refractivity contribution >= 4 is 9.84 Å². The minimum Gasteiger partial charge on any atom is -0.497 e. The lowest BCUT2D eigenvalue weighted by Gasteiger charge is -2.33. The van der Waals surface area contributed by atoms with Gasteiger partial charge in [-0.05, 0) is 49.4 Å². The zero-order valence-corrected chi connectivity index (χ0v) is 12.9. The van der Waals surface area contributed by atoms with E-state index in [4.69, 9.17) is 10.5 Å². The average molecular weight is 297 g/mol.